The summed E-state index contributed by atoms with van der Waals surface area (Å²) in [5, 5.41) is 25.9. The van der Waals surface area contributed by atoms with Crippen molar-refractivity contribution >= 4 is 35.2 Å². The van der Waals surface area contributed by atoms with Crippen LogP contribution in [0.1, 0.15) is 0 Å². The summed E-state index contributed by atoms with van der Waals surface area (Å²) < 4.78 is 1.08. The minimum absolute atomic E-state index is 0.0702. The van der Waals surface area contributed by atoms with Crippen LogP contribution in [0.15, 0.2) is 39.7 Å². The van der Waals surface area contributed by atoms with Crippen LogP contribution in [0, 0.1) is 0 Å². The maximum atomic E-state index is 9.79. The summed E-state index contributed by atoms with van der Waals surface area (Å²) in [5.74, 6) is 5.61. The number of H-pyrrole nitrogens is 1. The van der Waals surface area contributed by atoms with Crippen molar-refractivity contribution < 1.29 is 5.11 Å². The molecule has 0 aliphatic carbocycles. The van der Waals surface area contributed by atoms with Gasteiger partial charge in [0.1, 0.15) is 0 Å². The molecule has 0 spiro atoms. The summed E-state index contributed by atoms with van der Waals surface area (Å²) >= 11 is 3.97. The maximum Gasteiger partial charge on any atom is 0.289 e. The summed E-state index contributed by atoms with van der Waals surface area (Å²) in [5.41, 5.74) is 1.08. The SMILES string of the molecule is Nn1c(S)nnc1/N=N/c1c(O)[nH]c2ccccc12. The van der Waals surface area contributed by atoms with Gasteiger partial charge in [-0.15, -0.1) is 33.1 Å². The van der Waals surface area contributed by atoms with Crippen LogP contribution in [0.2, 0.25) is 0 Å². The highest BCUT2D eigenvalue weighted by Gasteiger charge is 2.10. The van der Waals surface area contributed by atoms with Crippen LogP contribution < -0.4 is 5.84 Å². The largest absolute Gasteiger partial charge is 0.493 e. The number of aromatic hydroxyl groups is 1. The number of azo groups is 1. The van der Waals surface area contributed by atoms with Gasteiger partial charge in [0.05, 0.1) is 5.52 Å². The van der Waals surface area contributed by atoms with Gasteiger partial charge >= 0.3 is 0 Å². The first-order valence-corrected chi connectivity index (χ1v) is 5.72. The molecule has 2 heterocycles. The summed E-state index contributed by atoms with van der Waals surface area (Å²) in [6.07, 6.45) is 0. The Bertz CT molecular complexity index is 775. The maximum absolute atomic E-state index is 9.79. The number of benzene rings is 1. The molecule has 8 nitrogen and oxygen atoms in total. The highest BCUT2D eigenvalue weighted by molar-refractivity contribution is 7.80. The fourth-order valence-corrected chi connectivity index (χ4v) is 1.79. The van der Waals surface area contributed by atoms with Crippen molar-refractivity contribution in [1.82, 2.24) is 19.9 Å². The Labute approximate surface area is 112 Å². The van der Waals surface area contributed by atoms with Gasteiger partial charge in [-0.1, -0.05) is 18.2 Å². The predicted molar refractivity (Wildman–Crippen MR) is 71.6 cm³/mol. The van der Waals surface area contributed by atoms with Crippen LogP contribution in [0.5, 0.6) is 5.88 Å². The zero-order valence-corrected chi connectivity index (χ0v) is 10.4. The highest BCUT2D eigenvalue weighted by Crippen LogP contribution is 2.35. The highest BCUT2D eigenvalue weighted by atomic mass is 32.1. The molecule has 19 heavy (non-hydrogen) atoms. The Hall–Kier alpha value is -2.55. The second-order valence-corrected chi connectivity index (χ2v) is 4.14. The summed E-state index contributed by atoms with van der Waals surface area (Å²) in [6, 6.07) is 7.33. The molecule has 0 saturated carbocycles. The topological polar surface area (TPSA) is 117 Å². The quantitative estimate of drug-likeness (QED) is 0.324. The molecule has 0 amide bonds. The summed E-state index contributed by atoms with van der Waals surface area (Å²) in [6.45, 7) is 0. The van der Waals surface area contributed by atoms with Gasteiger partial charge in [0.2, 0.25) is 11.0 Å². The Morgan fingerprint density at radius 1 is 1.26 bits per heavy atom. The second kappa shape index (κ2) is 4.28. The van der Waals surface area contributed by atoms with Gasteiger partial charge in [0.25, 0.3) is 5.95 Å². The first-order chi connectivity index (χ1) is 9.16. The van der Waals surface area contributed by atoms with E-state index in [1.54, 1.807) is 0 Å². The van der Waals surface area contributed by atoms with Crippen molar-refractivity contribution in [3.63, 3.8) is 0 Å². The van der Waals surface area contributed by atoms with E-state index in [0.29, 0.717) is 5.69 Å². The van der Waals surface area contributed by atoms with Crippen LogP contribution in [-0.2, 0) is 0 Å². The van der Waals surface area contributed by atoms with Crippen molar-refractivity contribution in [1.29, 1.82) is 0 Å². The number of nitrogen functional groups attached to an aromatic ring is 1. The number of nitrogens with two attached hydrogens (primary N) is 1. The number of hydrogen-bond donors (Lipinski definition) is 4. The number of nitrogens with one attached hydrogen (secondary N) is 1. The zero-order valence-electron chi connectivity index (χ0n) is 9.52. The first-order valence-electron chi connectivity index (χ1n) is 5.27. The number of hydrogen-bond acceptors (Lipinski definition) is 7. The predicted octanol–water partition coefficient (Wildman–Crippen LogP) is 1.88. The van der Waals surface area contributed by atoms with E-state index >= 15 is 0 Å². The van der Waals surface area contributed by atoms with E-state index < -0.39 is 0 Å². The van der Waals surface area contributed by atoms with Crippen LogP contribution in [0.3, 0.4) is 0 Å². The Morgan fingerprint density at radius 3 is 2.79 bits per heavy atom. The molecular weight excluding hydrogens is 266 g/mol. The third-order valence-corrected chi connectivity index (χ3v) is 2.86. The number of nitrogens with zero attached hydrogens (tertiary/aromatic N) is 5. The van der Waals surface area contributed by atoms with Crippen LogP contribution in [-0.4, -0.2) is 25.0 Å². The molecule has 2 aromatic heterocycles. The minimum Gasteiger partial charge on any atom is -0.493 e. The molecule has 0 aliphatic heterocycles. The number of aromatic amines is 1. The lowest BCUT2D eigenvalue weighted by atomic mass is 10.2. The summed E-state index contributed by atoms with van der Waals surface area (Å²) in [7, 11) is 0. The van der Waals surface area contributed by atoms with Crippen LogP contribution >= 0.6 is 12.6 Å². The zero-order chi connectivity index (χ0) is 13.4. The fourth-order valence-electron chi connectivity index (χ4n) is 1.65. The molecule has 0 saturated heterocycles. The third-order valence-electron chi connectivity index (χ3n) is 2.56. The molecule has 1 aromatic carbocycles. The lowest BCUT2D eigenvalue weighted by Gasteiger charge is -1.93. The lowest BCUT2D eigenvalue weighted by molar-refractivity contribution is 0.459. The van der Waals surface area contributed by atoms with Crippen molar-refractivity contribution in [3.8, 4) is 5.88 Å². The van der Waals surface area contributed by atoms with E-state index in [1.807, 2.05) is 24.3 Å². The number of thiol groups is 1. The molecular formula is C10H9N7OS. The molecule has 3 rings (SSSR count). The average Bonchev–Trinajstić information content (AvgIpc) is 2.89. The van der Waals surface area contributed by atoms with E-state index in [0.717, 1.165) is 15.6 Å². The Morgan fingerprint density at radius 2 is 2.05 bits per heavy atom. The standard InChI is InChI=1S/C10H9N7OS/c11-17-9(15-16-10(17)19)14-13-7-5-3-1-2-4-6(5)12-8(7)18/h1-4,12,18H,11H2,(H,16,19)/b14-13+. The third kappa shape index (κ3) is 1.89. The van der Waals surface area contributed by atoms with Gasteiger partial charge in [0, 0.05) is 5.39 Å². The number of fused-ring (bicyclic) bond motifs is 1. The summed E-state index contributed by atoms with van der Waals surface area (Å²) in [4.78, 5) is 2.80. The van der Waals surface area contributed by atoms with Gasteiger partial charge < -0.3 is 15.9 Å². The number of rotatable bonds is 2. The van der Waals surface area contributed by atoms with Gasteiger partial charge in [-0.3, -0.25) is 0 Å². The Kier molecular flexibility index (Phi) is 2.60. The first kappa shape index (κ1) is 11.5. The van der Waals surface area contributed by atoms with E-state index in [2.05, 4.69) is 38.0 Å². The monoisotopic (exact) mass is 275 g/mol. The molecule has 0 bridgehead atoms. The van der Waals surface area contributed by atoms with Crippen LogP contribution in [0.4, 0.5) is 11.6 Å². The molecule has 96 valence electrons. The van der Waals surface area contributed by atoms with E-state index in [9.17, 15) is 5.11 Å². The Balaban J connectivity index is 2.06. The van der Waals surface area contributed by atoms with Crippen molar-refractivity contribution in [2.45, 2.75) is 5.16 Å². The molecule has 9 heteroatoms. The number of aromatic nitrogens is 4. The molecule has 0 aliphatic rings. The van der Waals surface area contributed by atoms with Crippen molar-refractivity contribution in [2.24, 2.45) is 10.2 Å². The van der Waals surface area contributed by atoms with Gasteiger partial charge in [-0.05, 0) is 6.07 Å². The van der Waals surface area contributed by atoms with Gasteiger partial charge in [-0.2, -0.15) is 0 Å². The minimum atomic E-state index is -0.0702. The molecule has 4 N–H and O–H groups in total. The van der Waals surface area contributed by atoms with E-state index in [4.69, 9.17) is 5.84 Å². The van der Waals surface area contributed by atoms with Crippen LogP contribution in [0.25, 0.3) is 10.9 Å². The van der Waals surface area contributed by atoms with E-state index in [-0.39, 0.29) is 17.0 Å². The molecule has 0 unspecified atom stereocenters. The van der Waals surface area contributed by atoms with Gasteiger partial charge in [-0.25, -0.2) is 4.68 Å². The smallest absolute Gasteiger partial charge is 0.289 e. The fraction of sp³-hybridized carbons (Fsp3) is 0. The normalized spacial score (nSPS) is 11.6. The van der Waals surface area contributed by atoms with E-state index in [1.165, 1.54) is 0 Å². The molecule has 0 fully saturated rings. The second-order valence-electron chi connectivity index (χ2n) is 3.74. The average molecular weight is 275 g/mol. The molecule has 0 radical (unpaired) electrons. The van der Waals surface area contributed by atoms with Crippen molar-refractivity contribution in [2.75, 3.05) is 5.84 Å². The lowest BCUT2D eigenvalue weighted by Crippen LogP contribution is -2.07. The molecule has 3 aromatic rings. The van der Waals surface area contributed by atoms with Crippen molar-refractivity contribution in [3.05, 3.63) is 24.3 Å². The van der Waals surface area contributed by atoms with Gasteiger partial charge in [0.15, 0.2) is 5.69 Å². The molecule has 0 atom stereocenters. The number of para-hydroxylation sites is 1.